The van der Waals surface area contributed by atoms with Crippen LogP contribution in [0.1, 0.15) is 45.4 Å². The monoisotopic (exact) mass is 273 g/mol. The van der Waals surface area contributed by atoms with Gasteiger partial charge in [0.25, 0.3) is 0 Å². The van der Waals surface area contributed by atoms with Crippen molar-refractivity contribution in [3.05, 3.63) is 23.5 Å². The predicted molar refractivity (Wildman–Crippen MR) is 76.7 cm³/mol. The van der Waals surface area contributed by atoms with Crippen molar-refractivity contribution in [3.63, 3.8) is 0 Å². The molecule has 108 valence electrons. The lowest BCUT2D eigenvalue weighted by molar-refractivity contribution is -0.115. The highest BCUT2D eigenvalue weighted by Gasteiger charge is 2.52. The van der Waals surface area contributed by atoms with Gasteiger partial charge in [0.1, 0.15) is 0 Å². The summed E-state index contributed by atoms with van der Waals surface area (Å²) in [6.07, 6.45) is 10.0. The Morgan fingerprint density at radius 3 is 3.00 bits per heavy atom. The molecule has 4 atom stereocenters. The lowest BCUT2D eigenvalue weighted by atomic mass is 9.63. The van der Waals surface area contributed by atoms with Gasteiger partial charge in [0.15, 0.2) is 5.78 Å². The van der Waals surface area contributed by atoms with Crippen molar-refractivity contribution in [2.75, 3.05) is 6.54 Å². The van der Waals surface area contributed by atoms with Crippen LogP contribution in [0.4, 0.5) is 0 Å². The Balaban J connectivity index is 1.70. The topological polar surface area (TPSA) is 40.5 Å². The molecule has 0 aromatic heterocycles. The molecule has 0 radical (unpaired) electrons. The summed E-state index contributed by atoms with van der Waals surface area (Å²) < 4.78 is 0. The number of aliphatic hydroxyl groups excluding tert-OH is 1. The highest BCUT2D eigenvalue weighted by atomic mass is 16.3. The Kier molecular flexibility index (Phi) is 2.65. The summed E-state index contributed by atoms with van der Waals surface area (Å²) in [6, 6.07) is 0. The number of rotatable bonds is 0. The van der Waals surface area contributed by atoms with E-state index < -0.39 is 0 Å². The quantitative estimate of drug-likeness (QED) is 0.737. The molecule has 0 aromatic carbocycles. The average Bonchev–Trinajstić information content (AvgIpc) is 2.74. The lowest BCUT2D eigenvalue weighted by Crippen LogP contribution is -2.46. The van der Waals surface area contributed by atoms with Crippen LogP contribution in [0.25, 0.3) is 0 Å². The van der Waals surface area contributed by atoms with Crippen molar-refractivity contribution >= 4 is 5.78 Å². The molecule has 0 spiro atoms. The van der Waals surface area contributed by atoms with Gasteiger partial charge in [0.05, 0.1) is 6.10 Å². The van der Waals surface area contributed by atoms with E-state index in [9.17, 15) is 9.90 Å². The molecule has 2 aliphatic carbocycles. The number of ketones is 1. The lowest BCUT2D eigenvalue weighted by Gasteiger charge is -2.50. The average molecular weight is 273 g/mol. The van der Waals surface area contributed by atoms with Crippen LogP contribution in [0, 0.1) is 17.3 Å². The van der Waals surface area contributed by atoms with E-state index in [1.165, 1.54) is 11.4 Å². The molecular weight excluding hydrogens is 250 g/mol. The highest BCUT2D eigenvalue weighted by Crippen LogP contribution is 2.57. The van der Waals surface area contributed by atoms with Gasteiger partial charge in [-0.2, -0.15) is 0 Å². The molecule has 3 nitrogen and oxygen atoms in total. The third-order valence-electron chi connectivity index (χ3n) is 6.26. The Morgan fingerprint density at radius 2 is 2.15 bits per heavy atom. The van der Waals surface area contributed by atoms with E-state index in [1.54, 1.807) is 0 Å². The highest BCUT2D eigenvalue weighted by molar-refractivity contribution is 5.91. The number of hydrogen-bond donors (Lipinski definition) is 1. The minimum Gasteiger partial charge on any atom is -0.393 e. The molecule has 3 heteroatoms. The van der Waals surface area contributed by atoms with Gasteiger partial charge in [-0.3, -0.25) is 4.79 Å². The fourth-order valence-corrected chi connectivity index (χ4v) is 5.04. The van der Waals surface area contributed by atoms with Gasteiger partial charge in [0.2, 0.25) is 0 Å². The molecule has 2 aliphatic heterocycles. The van der Waals surface area contributed by atoms with E-state index in [1.807, 2.05) is 6.08 Å². The first-order valence-electron chi connectivity index (χ1n) is 7.98. The molecule has 4 aliphatic rings. The van der Waals surface area contributed by atoms with Gasteiger partial charge in [-0.1, -0.05) is 13.0 Å². The Bertz CT molecular complexity index is 521. The third kappa shape index (κ3) is 1.59. The molecule has 4 rings (SSSR count). The van der Waals surface area contributed by atoms with E-state index in [0.717, 1.165) is 38.6 Å². The first-order chi connectivity index (χ1) is 9.59. The zero-order valence-corrected chi connectivity index (χ0v) is 12.1. The fraction of sp³-hybridized carbons (Fsp3) is 0.706. The van der Waals surface area contributed by atoms with E-state index in [0.29, 0.717) is 18.3 Å². The van der Waals surface area contributed by atoms with Gasteiger partial charge in [0, 0.05) is 41.8 Å². The second-order valence-electron chi connectivity index (χ2n) is 7.19. The Morgan fingerprint density at radius 1 is 1.30 bits per heavy atom. The van der Waals surface area contributed by atoms with E-state index >= 15 is 0 Å². The van der Waals surface area contributed by atoms with Crippen LogP contribution in [-0.2, 0) is 4.79 Å². The molecule has 0 bridgehead atoms. The van der Waals surface area contributed by atoms with Crippen LogP contribution in [0.3, 0.4) is 0 Å². The zero-order chi connectivity index (χ0) is 13.9. The first-order valence-corrected chi connectivity index (χ1v) is 7.98. The standard InChI is InChI=1S/C17H23NO2/c1-17-8-6-15-13(14(17)4-5-16(17)20)3-2-11-10-12(19)7-9-18(11)15/h6,10,13-14,16,20H,2-5,7-9H2,1H3/t13-,14-,16-,17-/m0/s1. The molecule has 0 amide bonds. The summed E-state index contributed by atoms with van der Waals surface area (Å²) >= 11 is 0. The minimum absolute atomic E-state index is 0.0843. The summed E-state index contributed by atoms with van der Waals surface area (Å²) in [5, 5.41) is 10.3. The SMILES string of the molecule is C[C@]12CC=C3[C@@H](CCC4=CC(=O)CCN43)[C@@H]1CC[C@@H]2O. The van der Waals surface area contributed by atoms with Crippen LogP contribution in [0.5, 0.6) is 0 Å². The number of aliphatic hydroxyl groups is 1. The Hall–Kier alpha value is -1.09. The van der Waals surface area contributed by atoms with Crippen molar-refractivity contribution < 1.29 is 9.90 Å². The van der Waals surface area contributed by atoms with Gasteiger partial charge < -0.3 is 10.0 Å². The maximum atomic E-state index is 11.6. The van der Waals surface area contributed by atoms with Gasteiger partial charge in [-0.05, 0) is 38.0 Å². The van der Waals surface area contributed by atoms with E-state index in [4.69, 9.17) is 0 Å². The van der Waals surface area contributed by atoms with E-state index in [-0.39, 0.29) is 17.3 Å². The minimum atomic E-state index is -0.134. The maximum Gasteiger partial charge on any atom is 0.159 e. The van der Waals surface area contributed by atoms with Gasteiger partial charge in [-0.15, -0.1) is 0 Å². The van der Waals surface area contributed by atoms with Crippen molar-refractivity contribution in [2.45, 2.75) is 51.6 Å². The Labute approximate surface area is 120 Å². The number of fused-ring (bicyclic) bond motifs is 5. The summed E-state index contributed by atoms with van der Waals surface area (Å²) in [5.74, 6) is 1.50. The molecule has 0 unspecified atom stereocenters. The molecule has 1 saturated carbocycles. The second kappa shape index (κ2) is 4.20. The van der Waals surface area contributed by atoms with Crippen molar-refractivity contribution in [2.24, 2.45) is 17.3 Å². The van der Waals surface area contributed by atoms with Crippen molar-refractivity contribution in [1.29, 1.82) is 0 Å². The fourth-order valence-electron chi connectivity index (χ4n) is 5.04. The molecule has 0 aromatic rings. The predicted octanol–water partition coefficient (Wildman–Crippen LogP) is 2.62. The number of carbonyl (C=O) groups is 1. The second-order valence-corrected chi connectivity index (χ2v) is 7.19. The largest absolute Gasteiger partial charge is 0.393 e. The molecule has 1 saturated heterocycles. The molecule has 1 N–H and O–H groups in total. The van der Waals surface area contributed by atoms with Crippen LogP contribution >= 0.6 is 0 Å². The summed E-state index contributed by atoms with van der Waals surface area (Å²) in [7, 11) is 0. The number of nitrogens with zero attached hydrogens (tertiary/aromatic N) is 1. The van der Waals surface area contributed by atoms with Crippen LogP contribution in [0.2, 0.25) is 0 Å². The van der Waals surface area contributed by atoms with Gasteiger partial charge >= 0.3 is 0 Å². The normalized spacial score (nSPS) is 43.4. The summed E-state index contributed by atoms with van der Waals surface area (Å²) in [4.78, 5) is 14.0. The van der Waals surface area contributed by atoms with Crippen LogP contribution in [-0.4, -0.2) is 28.4 Å². The number of carbonyl (C=O) groups excluding carboxylic acids is 1. The molecule has 2 heterocycles. The smallest absolute Gasteiger partial charge is 0.159 e. The summed E-state index contributed by atoms with van der Waals surface area (Å²) in [5.41, 5.74) is 2.76. The summed E-state index contributed by atoms with van der Waals surface area (Å²) in [6.45, 7) is 3.13. The number of hydrogen-bond acceptors (Lipinski definition) is 3. The zero-order valence-electron chi connectivity index (χ0n) is 12.1. The maximum absolute atomic E-state index is 11.6. The van der Waals surface area contributed by atoms with Crippen molar-refractivity contribution in [1.82, 2.24) is 4.90 Å². The molecule has 20 heavy (non-hydrogen) atoms. The van der Waals surface area contributed by atoms with Gasteiger partial charge in [-0.25, -0.2) is 0 Å². The number of piperidine rings is 1. The van der Waals surface area contributed by atoms with Crippen LogP contribution < -0.4 is 0 Å². The van der Waals surface area contributed by atoms with Crippen molar-refractivity contribution in [3.8, 4) is 0 Å². The van der Waals surface area contributed by atoms with E-state index in [2.05, 4.69) is 17.9 Å². The first kappa shape index (κ1) is 12.6. The third-order valence-corrected chi connectivity index (χ3v) is 6.26. The van der Waals surface area contributed by atoms with Crippen LogP contribution in [0.15, 0.2) is 23.5 Å². The molecule has 2 fully saturated rings. The number of allylic oxidation sites excluding steroid dienone is 4. The molecular formula is C17H23NO2.